The van der Waals surface area contributed by atoms with Gasteiger partial charge in [-0.25, -0.2) is 0 Å². The molecule has 0 aromatic carbocycles. The molecule has 2 fully saturated rings. The number of piperidine rings is 1. The lowest BCUT2D eigenvalue weighted by Gasteiger charge is -2.35. The van der Waals surface area contributed by atoms with E-state index in [1.165, 1.54) is 19.4 Å². The Balaban J connectivity index is 1.41. The van der Waals surface area contributed by atoms with E-state index in [2.05, 4.69) is 15.6 Å². The number of aryl methyl sites for hydroxylation is 1. The third kappa shape index (κ3) is 3.17. The average Bonchev–Trinajstić information content (AvgIpc) is 3.18. The first-order valence-corrected chi connectivity index (χ1v) is 7.68. The monoisotopic (exact) mass is 277 g/mol. The largest absolute Gasteiger partial charge is 0.343 e. The Labute approximate surface area is 119 Å². The zero-order chi connectivity index (χ0) is 13.8. The van der Waals surface area contributed by atoms with Gasteiger partial charge in [0.25, 0.3) is 0 Å². The first-order chi connectivity index (χ1) is 9.83. The molecule has 1 aromatic heterocycles. The van der Waals surface area contributed by atoms with Gasteiger partial charge in [0, 0.05) is 31.7 Å². The molecule has 3 rings (SSSR count). The van der Waals surface area contributed by atoms with Crippen LogP contribution in [0, 0.1) is 5.92 Å². The van der Waals surface area contributed by atoms with Gasteiger partial charge in [-0.1, -0.05) is 5.21 Å². The molecule has 2 saturated heterocycles. The summed E-state index contributed by atoms with van der Waals surface area (Å²) in [6.45, 7) is 3.63. The number of hydrogen-bond donors (Lipinski definition) is 1. The van der Waals surface area contributed by atoms with Gasteiger partial charge in [-0.15, -0.1) is 5.10 Å². The molecule has 20 heavy (non-hydrogen) atoms. The van der Waals surface area contributed by atoms with Crippen molar-refractivity contribution < 1.29 is 4.79 Å². The smallest absolute Gasteiger partial charge is 0.224 e. The molecule has 1 N–H and O–H groups in total. The second-order valence-electron chi connectivity index (χ2n) is 5.84. The molecule has 1 atom stereocenters. The topological polar surface area (TPSA) is 63.1 Å². The summed E-state index contributed by atoms with van der Waals surface area (Å²) in [5.74, 6) is 1.01. The average molecular weight is 277 g/mol. The Morgan fingerprint density at radius 2 is 2.15 bits per heavy atom. The van der Waals surface area contributed by atoms with Crippen LogP contribution in [0.1, 0.15) is 32.1 Å². The molecule has 0 spiro atoms. The van der Waals surface area contributed by atoms with Crippen LogP contribution >= 0.6 is 0 Å². The van der Waals surface area contributed by atoms with E-state index >= 15 is 0 Å². The summed E-state index contributed by atoms with van der Waals surface area (Å²) in [5.41, 5.74) is 0. The van der Waals surface area contributed by atoms with E-state index in [1.807, 2.05) is 4.90 Å². The lowest BCUT2D eigenvalue weighted by Crippen LogP contribution is -2.43. The summed E-state index contributed by atoms with van der Waals surface area (Å²) in [6.07, 6.45) is 8.87. The summed E-state index contributed by atoms with van der Waals surface area (Å²) in [4.78, 5) is 14.2. The molecule has 110 valence electrons. The summed E-state index contributed by atoms with van der Waals surface area (Å²) in [6, 6.07) is 0.697. The van der Waals surface area contributed by atoms with Crippen molar-refractivity contribution in [3.05, 3.63) is 12.4 Å². The van der Waals surface area contributed by atoms with E-state index in [0.29, 0.717) is 19.0 Å². The molecular formula is C14H23N5O. The van der Waals surface area contributed by atoms with Crippen LogP contribution < -0.4 is 5.32 Å². The van der Waals surface area contributed by atoms with Gasteiger partial charge < -0.3 is 10.2 Å². The third-order valence-corrected chi connectivity index (χ3v) is 4.59. The summed E-state index contributed by atoms with van der Waals surface area (Å²) in [5, 5.41) is 11.2. The second kappa shape index (κ2) is 6.35. The standard InChI is InChI=1S/C14H23N5O/c20-14(5-10-19-11-7-16-17-19)18-8-3-12(4-9-18)13-2-1-6-15-13/h7,11-13,15H,1-6,8-10H2. The highest BCUT2D eigenvalue weighted by atomic mass is 16.2. The maximum Gasteiger partial charge on any atom is 0.224 e. The van der Waals surface area contributed by atoms with Gasteiger partial charge in [0.1, 0.15) is 0 Å². The normalized spacial score (nSPS) is 24.2. The first kappa shape index (κ1) is 13.5. The van der Waals surface area contributed by atoms with Crippen LogP contribution in [-0.2, 0) is 11.3 Å². The zero-order valence-electron chi connectivity index (χ0n) is 11.9. The molecule has 3 heterocycles. The minimum atomic E-state index is 0.248. The van der Waals surface area contributed by atoms with Crippen molar-refractivity contribution in [2.75, 3.05) is 19.6 Å². The van der Waals surface area contributed by atoms with Crippen LogP contribution in [0.5, 0.6) is 0 Å². The fourth-order valence-corrected chi connectivity index (χ4v) is 3.39. The minimum Gasteiger partial charge on any atom is -0.343 e. The van der Waals surface area contributed by atoms with E-state index in [1.54, 1.807) is 17.1 Å². The Morgan fingerprint density at radius 3 is 2.80 bits per heavy atom. The van der Waals surface area contributed by atoms with Gasteiger partial charge in [-0.05, 0) is 38.1 Å². The summed E-state index contributed by atoms with van der Waals surface area (Å²) < 4.78 is 1.72. The Morgan fingerprint density at radius 1 is 1.30 bits per heavy atom. The van der Waals surface area contributed by atoms with Crippen molar-refractivity contribution in [3.8, 4) is 0 Å². The van der Waals surface area contributed by atoms with Crippen molar-refractivity contribution in [2.24, 2.45) is 5.92 Å². The highest BCUT2D eigenvalue weighted by Gasteiger charge is 2.29. The van der Waals surface area contributed by atoms with Crippen LogP contribution in [0.25, 0.3) is 0 Å². The van der Waals surface area contributed by atoms with E-state index in [9.17, 15) is 4.79 Å². The van der Waals surface area contributed by atoms with Gasteiger partial charge in [-0.3, -0.25) is 9.48 Å². The highest BCUT2D eigenvalue weighted by molar-refractivity contribution is 5.76. The number of hydrogen-bond acceptors (Lipinski definition) is 4. The molecule has 6 heteroatoms. The van der Waals surface area contributed by atoms with Gasteiger partial charge in [0.05, 0.1) is 12.7 Å². The molecule has 1 unspecified atom stereocenters. The maximum absolute atomic E-state index is 12.2. The van der Waals surface area contributed by atoms with Gasteiger partial charge >= 0.3 is 0 Å². The molecule has 6 nitrogen and oxygen atoms in total. The molecule has 1 aromatic rings. The summed E-state index contributed by atoms with van der Waals surface area (Å²) >= 11 is 0. The predicted octanol–water partition coefficient (Wildman–Crippen LogP) is 0.659. The van der Waals surface area contributed by atoms with Crippen molar-refractivity contribution in [2.45, 2.75) is 44.7 Å². The second-order valence-corrected chi connectivity index (χ2v) is 5.84. The van der Waals surface area contributed by atoms with Crippen molar-refractivity contribution in [1.29, 1.82) is 0 Å². The molecule has 2 aliphatic heterocycles. The van der Waals surface area contributed by atoms with Crippen LogP contribution in [0.4, 0.5) is 0 Å². The lowest BCUT2D eigenvalue weighted by atomic mass is 9.88. The number of carbonyl (C=O) groups is 1. The van der Waals surface area contributed by atoms with Crippen LogP contribution in [-0.4, -0.2) is 51.5 Å². The maximum atomic E-state index is 12.2. The van der Waals surface area contributed by atoms with Crippen LogP contribution in [0.3, 0.4) is 0 Å². The number of nitrogens with one attached hydrogen (secondary N) is 1. The Bertz CT molecular complexity index is 419. The van der Waals surface area contributed by atoms with Crippen molar-refractivity contribution in [3.63, 3.8) is 0 Å². The predicted molar refractivity (Wildman–Crippen MR) is 75.0 cm³/mol. The van der Waals surface area contributed by atoms with Crippen molar-refractivity contribution >= 4 is 5.91 Å². The SMILES string of the molecule is O=C(CCn1ccnn1)N1CCC(C2CCCN2)CC1. The Kier molecular flexibility index (Phi) is 4.30. The van der Waals surface area contributed by atoms with E-state index in [4.69, 9.17) is 0 Å². The molecular weight excluding hydrogens is 254 g/mol. The third-order valence-electron chi connectivity index (χ3n) is 4.59. The number of aromatic nitrogens is 3. The molecule has 2 aliphatic rings. The molecule has 1 amide bonds. The van der Waals surface area contributed by atoms with Gasteiger partial charge in [0.15, 0.2) is 0 Å². The quantitative estimate of drug-likeness (QED) is 0.878. The fraction of sp³-hybridized carbons (Fsp3) is 0.786. The number of rotatable bonds is 4. The number of nitrogens with zero attached hydrogens (tertiary/aromatic N) is 4. The molecule has 0 bridgehead atoms. The number of amides is 1. The molecule has 0 aliphatic carbocycles. The minimum absolute atomic E-state index is 0.248. The fourth-order valence-electron chi connectivity index (χ4n) is 3.39. The first-order valence-electron chi connectivity index (χ1n) is 7.68. The van der Waals surface area contributed by atoms with Gasteiger partial charge in [-0.2, -0.15) is 0 Å². The number of likely N-dealkylation sites (tertiary alicyclic amines) is 1. The van der Waals surface area contributed by atoms with E-state index < -0.39 is 0 Å². The Hall–Kier alpha value is -1.43. The van der Waals surface area contributed by atoms with E-state index in [-0.39, 0.29) is 5.91 Å². The zero-order valence-corrected chi connectivity index (χ0v) is 11.9. The molecule has 0 saturated carbocycles. The number of carbonyl (C=O) groups excluding carboxylic acids is 1. The highest BCUT2D eigenvalue weighted by Crippen LogP contribution is 2.25. The lowest BCUT2D eigenvalue weighted by molar-refractivity contribution is -0.133. The van der Waals surface area contributed by atoms with E-state index in [0.717, 1.165) is 31.8 Å². The summed E-state index contributed by atoms with van der Waals surface area (Å²) in [7, 11) is 0. The molecule has 0 radical (unpaired) electrons. The van der Waals surface area contributed by atoms with Gasteiger partial charge in [0.2, 0.25) is 5.91 Å². The van der Waals surface area contributed by atoms with Crippen molar-refractivity contribution in [1.82, 2.24) is 25.2 Å². The van der Waals surface area contributed by atoms with Crippen LogP contribution in [0.15, 0.2) is 12.4 Å². The van der Waals surface area contributed by atoms with Crippen LogP contribution in [0.2, 0.25) is 0 Å².